The molecule has 2 rings (SSSR count). The molecule has 0 atom stereocenters. The Hall–Kier alpha value is -1.61. The Morgan fingerprint density at radius 1 is 1.29 bits per heavy atom. The van der Waals surface area contributed by atoms with Gasteiger partial charge in [0.05, 0.1) is 12.7 Å². The largest absolute Gasteiger partial charge is 0.318 e. The average molecular weight is 229 g/mol. The Morgan fingerprint density at radius 2 is 2.12 bits per heavy atom. The van der Waals surface area contributed by atoms with Crippen LogP contribution in [0.4, 0.5) is 0 Å². The zero-order valence-corrected chi connectivity index (χ0v) is 10.7. The highest BCUT2D eigenvalue weighted by Crippen LogP contribution is 2.23. The van der Waals surface area contributed by atoms with Gasteiger partial charge in [-0.1, -0.05) is 23.8 Å². The van der Waals surface area contributed by atoms with Crippen LogP contribution in [0.2, 0.25) is 0 Å². The maximum absolute atomic E-state index is 4.37. The van der Waals surface area contributed by atoms with Crippen molar-refractivity contribution < 1.29 is 0 Å². The van der Waals surface area contributed by atoms with Crippen molar-refractivity contribution in [3.63, 3.8) is 0 Å². The third kappa shape index (κ3) is 2.74. The average Bonchev–Trinajstić information content (AvgIpc) is 2.75. The molecule has 0 fully saturated rings. The van der Waals surface area contributed by atoms with E-state index in [9.17, 15) is 0 Å². The van der Waals surface area contributed by atoms with Gasteiger partial charge in [-0.25, -0.2) is 0 Å². The molecule has 90 valence electrons. The topological polar surface area (TPSA) is 29.9 Å². The van der Waals surface area contributed by atoms with Crippen LogP contribution in [0.3, 0.4) is 0 Å². The number of aryl methyl sites for hydroxylation is 2. The number of nitrogens with one attached hydrogen (secondary N) is 1. The molecule has 3 nitrogen and oxygen atoms in total. The zero-order valence-electron chi connectivity index (χ0n) is 10.7. The van der Waals surface area contributed by atoms with Gasteiger partial charge in [0.25, 0.3) is 0 Å². The molecule has 0 bridgehead atoms. The molecular formula is C14H19N3. The Balaban J connectivity index is 2.24. The molecule has 3 heteroatoms. The first-order valence-corrected chi connectivity index (χ1v) is 5.95. The Bertz CT molecular complexity index is 500. The number of hydrogen-bond acceptors (Lipinski definition) is 2. The van der Waals surface area contributed by atoms with Crippen molar-refractivity contribution in [2.75, 3.05) is 13.6 Å². The smallest absolute Gasteiger partial charge is 0.0568 e. The lowest BCUT2D eigenvalue weighted by atomic mass is 10.0. The number of aromatic nitrogens is 2. The van der Waals surface area contributed by atoms with Gasteiger partial charge < -0.3 is 5.32 Å². The van der Waals surface area contributed by atoms with Crippen molar-refractivity contribution in [2.45, 2.75) is 20.4 Å². The molecule has 0 amide bonds. The van der Waals surface area contributed by atoms with E-state index in [0.29, 0.717) is 0 Å². The molecule has 2 aromatic rings. The molecular weight excluding hydrogens is 210 g/mol. The van der Waals surface area contributed by atoms with Crippen LogP contribution in [-0.4, -0.2) is 23.4 Å². The first-order chi connectivity index (χ1) is 8.20. The van der Waals surface area contributed by atoms with Crippen LogP contribution in [0.5, 0.6) is 0 Å². The molecule has 0 saturated carbocycles. The normalized spacial score (nSPS) is 10.8. The summed E-state index contributed by atoms with van der Waals surface area (Å²) in [6, 6.07) is 6.53. The molecule has 0 aliphatic carbocycles. The fourth-order valence-electron chi connectivity index (χ4n) is 1.99. The minimum Gasteiger partial charge on any atom is -0.318 e. The van der Waals surface area contributed by atoms with Crippen molar-refractivity contribution in [1.29, 1.82) is 0 Å². The molecule has 0 aliphatic rings. The number of benzene rings is 1. The molecule has 0 unspecified atom stereocenters. The summed E-state index contributed by atoms with van der Waals surface area (Å²) in [4.78, 5) is 0. The molecule has 0 radical (unpaired) electrons. The van der Waals surface area contributed by atoms with Gasteiger partial charge >= 0.3 is 0 Å². The summed E-state index contributed by atoms with van der Waals surface area (Å²) in [5.41, 5.74) is 5.07. The molecule has 0 spiro atoms. The Kier molecular flexibility index (Phi) is 3.59. The first kappa shape index (κ1) is 11.9. The van der Waals surface area contributed by atoms with Gasteiger partial charge in [0, 0.05) is 18.3 Å². The Labute approximate surface area is 102 Å². The lowest BCUT2D eigenvalue weighted by molar-refractivity contribution is 0.585. The van der Waals surface area contributed by atoms with Gasteiger partial charge in [0.1, 0.15) is 0 Å². The van der Waals surface area contributed by atoms with Gasteiger partial charge in [0.2, 0.25) is 0 Å². The minimum atomic E-state index is 0.904. The number of likely N-dealkylation sites (N-methyl/N-ethyl adjacent to an activating group) is 1. The highest BCUT2D eigenvalue weighted by molar-refractivity contribution is 5.66. The molecule has 17 heavy (non-hydrogen) atoms. The second-order valence-corrected chi connectivity index (χ2v) is 4.41. The van der Waals surface area contributed by atoms with Gasteiger partial charge in [0.15, 0.2) is 0 Å². The van der Waals surface area contributed by atoms with Crippen LogP contribution in [-0.2, 0) is 6.54 Å². The van der Waals surface area contributed by atoms with Crippen molar-refractivity contribution >= 4 is 0 Å². The first-order valence-electron chi connectivity index (χ1n) is 5.95. The van der Waals surface area contributed by atoms with E-state index < -0.39 is 0 Å². The van der Waals surface area contributed by atoms with Crippen LogP contribution in [0, 0.1) is 13.8 Å². The minimum absolute atomic E-state index is 0.904. The van der Waals surface area contributed by atoms with Crippen LogP contribution >= 0.6 is 0 Å². The summed E-state index contributed by atoms with van der Waals surface area (Å²) in [5.74, 6) is 0. The monoisotopic (exact) mass is 229 g/mol. The molecule has 0 aliphatic heterocycles. The molecule has 1 N–H and O–H groups in total. The molecule has 0 saturated heterocycles. The van der Waals surface area contributed by atoms with Crippen molar-refractivity contribution in [1.82, 2.24) is 15.1 Å². The quantitative estimate of drug-likeness (QED) is 0.872. The fraction of sp³-hybridized carbons (Fsp3) is 0.357. The van der Waals surface area contributed by atoms with Gasteiger partial charge in [-0.15, -0.1) is 0 Å². The van der Waals surface area contributed by atoms with Crippen molar-refractivity contribution in [2.24, 2.45) is 0 Å². The number of rotatable bonds is 4. The highest BCUT2D eigenvalue weighted by Gasteiger charge is 2.04. The number of nitrogens with zero attached hydrogens (tertiary/aromatic N) is 2. The lowest BCUT2D eigenvalue weighted by Crippen LogP contribution is -2.14. The summed E-state index contributed by atoms with van der Waals surface area (Å²) in [6.45, 7) is 6.11. The van der Waals surface area contributed by atoms with Crippen molar-refractivity contribution in [3.8, 4) is 11.1 Å². The molecule has 1 aromatic heterocycles. The fourth-order valence-corrected chi connectivity index (χ4v) is 1.99. The van der Waals surface area contributed by atoms with E-state index in [0.717, 1.165) is 13.1 Å². The number of hydrogen-bond donors (Lipinski definition) is 1. The lowest BCUT2D eigenvalue weighted by Gasteiger charge is -2.04. The molecule has 1 aromatic carbocycles. The van der Waals surface area contributed by atoms with Crippen LogP contribution in [0.25, 0.3) is 11.1 Å². The van der Waals surface area contributed by atoms with Gasteiger partial charge in [-0.05, 0) is 32.0 Å². The second kappa shape index (κ2) is 5.15. The van der Waals surface area contributed by atoms with E-state index in [-0.39, 0.29) is 0 Å². The van der Waals surface area contributed by atoms with Crippen molar-refractivity contribution in [3.05, 3.63) is 41.7 Å². The summed E-state index contributed by atoms with van der Waals surface area (Å²) in [7, 11) is 1.95. The van der Waals surface area contributed by atoms with Crippen LogP contribution in [0.15, 0.2) is 30.6 Å². The van der Waals surface area contributed by atoms with Crippen LogP contribution < -0.4 is 5.32 Å². The SMILES string of the molecule is CNCCn1cc(-c2ccc(C)cc2C)cn1. The zero-order chi connectivity index (χ0) is 12.3. The van der Waals surface area contributed by atoms with E-state index in [1.807, 2.05) is 17.9 Å². The summed E-state index contributed by atoms with van der Waals surface area (Å²) in [6.07, 6.45) is 4.04. The maximum atomic E-state index is 4.37. The van der Waals surface area contributed by atoms with E-state index in [1.54, 1.807) is 0 Å². The van der Waals surface area contributed by atoms with E-state index in [1.165, 1.54) is 22.3 Å². The van der Waals surface area contributed by atoms with E-state index in [2.05, 4.69) is 48.7 Å². The Morgan fingerprint density at radius 3 is 2.82 bits per heavy atom. The maximum Gasteiger partial charge on any atom is 0.0568 e. The summed E-state index contributed by atoms with van der Waals surface area (Å²) in [5, 5.41) is 7.49. The standard InChI is InChI=1S/C14H19N3/c1-11-4-5-14(12(2)8-11)13-9-16-17(10-13)7-6-15-3/h4-5,8-10,15H,6-7H2,1-3H3. The second-order valence-electron chi connectivity index (χ2n) is 4.41. The predicted octanol–water partition coefficient (Wildman–Crippen LogP) is 2.39. The molecule has 1 heterocycles. The van der Waals surface area contributed by atoms with E-state index >= 15 is 0 Å². The van der Waals surface area contributed by atoms with Gasteiger partial charge in [-0.3, -0.25) is 4.68 Å². The van der Waals surface area contributed by atoms with E-state index in [4.69, 9.17) is 0 Å². The third-order valence-electron chi connectivity index (χ3n) is 2.92. The summed E-state index contributed by atoms with van der Waals surface area (Å²) >= 11 is 0. The van der Waals surface area contributed by atoms with Gasteiger partial charge in [-0.2, -0.15) is 5.10 Å². The summed E-state index contributed by atoms with van der Waals surface area (Å²) < 4.78 is 1.98. The third-order valence-corrected chi connectivity index (χ3v) is 2.92. The highest BCUT2D eigenvalue weighted by atomic mass is 15.3. The van der Waals surface area contributed by atoms with Crippen LogP contribution in [0.1, 0.15) is 11.1 Å². The predicted molar refractivity (Wildman–Crippen MR) is 71.1 cm³/mol.